The third-order valence-corrected chi connectivity index (χ3v) is 5.45. The van der Waals surface area contributed by atoms with E-state index in [2.05, 4.69) is 11.4 Å². The van der Waals surface area contributed by atoms with Gasteiger partial charge in [-0.3, -0.25) is 19.1 Å². The fourth-order valence-electron chi connectivity index (χ4n) is 3.71. The molecule has 0 saturated carbocycles. The van der Waals surface area contributed by atoms with Crippen molar-refractivity contribution in [3.63, 3.8) is 0 Å². The summed E-state index contributed by atoms with van der Waals surface area (Å²) in [5.74, 6) is -0.0519. The summed E-state index contributed by atoms with van der Waals surface area (Å²) in [6.45, 7) is 5.35. The van der Waals surface area contributed by atoms with Crippen LogP contribution in [-0.4, -0.2) is 40.9 Å². The second-order valence-corrected chi connectivity index (χ2v) is 7.22. The molecule has 2 amide bonds. The molecule has 0 aliphatic carbocycles. The number of nitrogens with zero attached hydrogens (tertiary/aromatic N) is 3. The van der Waals surface area contributed by atoms with Crippen molar-refractivity contribution in [3.05, 3.63) is 47.2 Å². The number of hydrogen-bond donors (Lipinski definition) is 2. The molecule has 1 fully saturated rings. The second-order valence-electron chi connectivity index (χ2n) is 7.22. The molecule has 3 N–H and O–H groups in total. The Morgan fingerprint density at radius 3 is 2.43 bits per heavy atom. The van der Waals surface area contributed by atoms with Gasteiger partial charge in [-0.2, -0.15) is 5.26 Å². The molecule has 0 unspecified atom stereocenters. The zero-order valence-corrected chi connectivity index (χ0v) is 16.2. The number of hydrogen-bond acceptors (Lipinski definition) is 4. The maximum Gasteiger partial charge on any atom is 0.239 e. The van der Waals surface area contributed by atoms with Gasteiger partial charge in [0.25, 0.3) is 0 Å². The Bertz CT molecular complexity index is 919. The Kier molecular flexibility index (Phi) is 5.81. The minimum Gasteiger partial charge on any atom is -0.369 e. The predicted octanol–water partition coefficient (Wildman–Crippen LogP) is 2.10. The smallest absolute Gasteiger partial charge is 0.239 e. The molecule has 7 heteroatoms. The maximum absolute atomic E-state index is 12.7. The SMILES string of the molecule is Cc1c(C#N)c(NC(=O)CN2CCC(C(N)=O)CC2)n(-c2ccccc2)c1C. The molecular formula is C21H25N5O2. The standard InChI is InChI=1S/C21H25N5O2/c1-14-15(2)26(17-6-4-3-5-7-17)21(18(14)12-22)24-19(27)13-25-10-8-16(9-11-25)20(23)28/h3-7,16H,8-11,13H2,1-2H3,(H2,23,28)(H,24,27). The van der Waals surface area contributed by atoms with E-state index in [-0.39, 0.29) is 24.3 Å². The highest BCUT2D eigenvalue weighted by Crippen LogP contribution is 2.30. The zero-order valence-electron chi connectivity index (χ0n) is 16.2. The molecule has 1 aromatic carbocycles. The molecule has 146 valence electrons. The van der Waals surface area contributed by atoms with Gasteiger partial charge < -0.3 is 11.1 Å². The summed E-state index contributed by atoms with van der Waals surface area (Å²) in [7, 11) is 0. The van der Waals surface area contributed by atoms with Crippen molar-refractivity contribution in [1.82, 2.24) is 9.47 Å². The van der Waals surface area contributed by atoms with E-state index in [1.54, 1.807) is 0 Å². The van der Waals surface area contributed by atoms with Crippen LogP contribution in [0, 0.1) is 31.1 Å². The molecule has 1 aliphatic rings. The third-order valence-electron chi connectivity index (χ3n) is 5.45. The van der Waals surface area contributed by atoms with Gasteiger partial charge in [-0.15, -0.1) is 0 Å². The number of likely N-dealkylation sites (tertiary alicyclic amines) is 1. The summed E-state index contributed by atoms with van der Waals surface area (Å²) in [6.07, 6.45) is 1.34. The monoisotopic (exact) mass is 379 g/mol. The molecule has 2 aromatic rings. The summed E-state index contributed by atoms with van der Waals surface area (Å²) in [5.41, 5.74) is 8.50. The maximum atomic E-state index is 12.7. The molecule has 28 heavy (non-hydrogen) atoms. The summed E-state index contributed by atoms with van der Waals surface area (Å²) in [4.78, 5) is 26.0. The van der Waals surface area contributed by atoms with Gasteiger partial charge in [-0.25, -0.2) is 0 Å². The lowest BCUT2D eigenvalue weighted by Gasteiger charge is -2.29. The van der Waals surface area contributed by atoms with Gasteiger partial charge in [-0.1, -0.05) is 18.2 Å². The van der Waals surface area contributed by atoms with Gasteiger partial charge >= 0.3 is 0 Å². The van der Waals surface area contributed by atoms with Crippen LogP contribution in [0.1, 0.15) is 29.7 Å². The van der Waals surface area contributed by atoms with Gasteiger partial charge in [0.15, 0.2) is 0 Å². The molecule has 7 nitrogen and oxygen atoms in total. The van der Waals surface area contributed by atoms with E-state index in [9.17, 15) is 14.9 Å². The number of benzene rings is 1. The number of nitrogens with one attached hydrogen (secondary N) is 1. The molecule has 2 heterocycles. The van der Waals surface area contributed by atoms with Crippen molar-refractivity contribution in [3.8, 4) is 11.8 Å². The topological polar surface area (TPSA) is 104 Å². The molecular weight excluding hydrogens is 354 g/mol. The van der Waals surface area contributed by atoms with Crippen LogP contribution in [0.2, 0.25) is 0 Å². The van der Waals surface area contributed by atoms with Gasteiger partial charge in [0, 0.05) is 17.3 Å². The van der Waals surface area contributed by atoms with E-state index < -0.39 is 0 Å². The summed E-state index contributed by atoms with van der Waals surface area (Å²) >= 11 is 0. The lowest BCUT2D eigenvalue weighted by molar-refractivity contribution is -0.123. The second kappa shape index (κ2) is 8.28. The van der Waals surface area contributed by atoms with Gasteiger partial charge in [0.05, 0.1) is 12.1 Å². The molecule has 1 saturated heterocycles. The average molecular weight is 379 g/mol. The van der Waals surface area contributed by atoms with Crippen LogP contribution < -0.4 is 11.1 Å². The Morgan fingerprint density at radius 1 is 1.21 bits per heavy atom. The number of carbonyl (C=O) groups excluding carboxylic acids is 2. The first-order valence-electron chi connectivity index (χ1n) is 9.41. The number of nitrogens with two attached hydrogens (primary N) is 1. The molecule has 3 rings (SSSR count). The highest BCUT2D eigenvalue weighted by Gasteiger charge is 2.25. The lowest BCUT2D eigenvalue weighted by Crippen LogP contribution is -2.42. The van der Waals surface area contributed by atoms with Crippen LogP contribution in [0.15, 0.2) is 30.3 Å². The van der Waals surface area contributed by atoms with Crippen LogP contribution in [0.25, 0.3) is 5.69 Å². The average Bonchev–Trinajstić information content (AvgIpc) is 2.92. The van der Waals surface area contributed by atoms with Crippen LogP contribution in [0.3, 0.4) is 0 Å². The molecule has 0 spiro atoms. The first-order chi connectivity index (χ1) is 13.4. The Balaban J connectivity index is 1.79. The first-order valence-corrected chi connectivity index (χ1v) is 9.41. The van der Waals surface area contributed by atoms with E-state index in [1.165, 1.54) is 0 Å². The predicted molar refractivity (Wildman–Crippen MR) is 107 cm³/mol. The number of nitriles is 1. The van der Waals surface area contributed by atoms with Crippen molar-refractivity contribution in [2.24, 2.45) is 11.7 Å². The molecule has 1 aliphatic heterocycles. The van der Waals surface area contributed by atoms with Crippen LogP contribution in [0.5, 0.6) is 0 Å². The van der Waals surface area contributed by atoms with E-state index in [4.69, 9.17) is 5.73 Å². The fourth-order valence-corrected chi connectivity index (χ4v) is 3.71. The summed E-state index contributed by atoms with van der Waals surface area (Å²) < 4.78 is 1.91. The van der Waals surface area contributed by atoms with Gasteiger partial charge in [0.1, 0.15) is 11.9 Å². The van der Waals surface area contributed by atoms with Crippen molar-refractivity contribution in [2.75, 3.05) is 25.0 Å². The van der Waals surface area contributed by atoms with Crippen LogP contribution in [0.4, 0.5) is 5.82 Å². The third kappa shape index (κ3) is 3.92. The molecule has 1 aromatic heterocycles. The Hall–Kier alpha value is -3.11. The molecule has 0 radical (unpaired) electrons. The first kappa shape index (κ1) is 19.6. The van der Waals surface area contributed by atoms with Gasteiger partial charge in [0.2, 0.25) is 11.8 Å². The quantitative estimate of drug-likeness (QED) is 0.830. The summed E-state index contributed by atoms with van der Waals surface area (Å²) in [6, 6.07) is 11.9. The fraction of sp³-hybridized carbons (Fsp3) is 0.381. The van der Waals surface area contributed by atoms with Crippen LogP contribution >= 0.6 is 0 Å². The normalized spacial score (nSPS) is 15.2. The minimum atomic E-state index is -0.269. The van der Waals surface area contributed by atoms with E-state index >= 15 is 0 Å². The number of primary amides is 1. The number of rotatable bonds is 5. The molecule has 0 bridgehead atoms. The van der Waals surface area contributed by atoms with E-state index in [1.807, 2.05) is 53.6 Å². The molecule has 0 atom stereocenters. The van der Waals surface area contributed by atoms with E-state index in [0.29, 0.717) is 37.3 Å². The number of para-hydroxylation sites is 1. The highest BCUT2D eigenvalue weighted by molar-refractivity contribution is 5.93. The highest BCUT2D eigenvalue weighted by atomic mass is 16.2. The zero-order chi connectivity index (χ0) is 20.3. The van der Waals surface area contributed by atoms with Crippen LogP contribution in [-0.2, 0) is 9.59 Å². The minimum absolute atomic E-state index is 0.106. The van der Waals surface area contributed by atoms with Crippen molar-refractivity contribution >= 4 is 17.6 Å². The lowest BCUT2D eigenvalue weighted by atomic mass is 9.96. The number of piperidine rings is 1. The van der Waals surface area contributed by atoms with Crippen molar-refractivity contribution in [2.45, 2.75) is 26.7 Å². The summed E-state index contributed by atoms with van der Waals surface area (Å²) in [5, 5.41) is 12.6. The number of carbonyl (C=O) groups is 2. The van der Waals surface area contributed by atoms with Gasteiger partial charge in [-0.05, 0) is 57.5 Å². The van der Waals surface area contributed by atoms with Crippen molar-refractivity contribution in [1.29, 1.82) is 5.26 Å². The largest absolute Gasteiger partial charge is 0.369 e. The number of aromatic nitrogens is 1. The Labute approximate surface area is 164 Å². The number of anilines is 1. The van der Waals surface area contributed by atoms with E-state index in [0.717, 1.165) is 16.9 Å². The van der Waals surface area contributed by atoms with Crippen molar-refractivity contribution < 1.29 is 9.59 Å². The Morgan fingerprint density at radius 2 is 1.86 bits per heavy atom. The number of amides is 2.